The van der Waals surface area contributed by atoms with E-state index in [1.165, 1.54) is 6.07 Å². The molecule has 0 amide bonds. The van der Waals surface area contributed by atoms with E-state index >= 15 is 0 Å². The maximum atomic E-state index is 13.3. The van der Waals surface area contributed by atoms with Crippen molar-refractivity contribution in [2.24, 2.45) is 5.73 Å². The minimum absolute atomic E-state index is 0.207. The number of benzene rings is 2. The molecule has 0 spiro atoms. The van der Waals surface area contributed by atoms with Crippen molar-refractivity contribution < 1.29 is 4.39 Å². The minimum atomic E-state index is -0.207. The second-order valence-corrected chi connectivity index (χ2v) is 3.88. The fraction of sp³-hybridized carbons (Fsp3) is 0.143. The number of nitrogens with two attached hydrogens (primary N) is 1. The van der Waals surface area contributed by atoms with Crippen molar-refractivity contribution in [3.63, 3.8) is 0 Å². The Kier molecular flexibility index (Phi) is 3.02. The third kappa shape index (κ3) is 2.12. The van der Waals surface area contributed by atoms with Gasteiger partial charge in [-0.2, -0.15) is 0 Å². The maximum Gasteiger partial charge on any atom is 0.124 e. The lowest BCUT2D eigenvalue weighted by molar-refractivity contribution is 0.627. The van der Waals surface area contributed by atoms with Crippen LogP contribution in [-0.2, 0) is 6.54 Å². The van der Waals surface area contributed by atoms with E-state index in [1.54, 1.807) is 6.07 Å². The molecule has 0 aliphatic carbocycles. The van der Waals surface area contributed by atoms with Crippen LogP contribution < -0.4 is 5.73 Å². The Morgan fingerprint density at radius 2 is 1.88 bits per heavy atom. The summed E-state index contributed by atoms with van der Waals surface area (Å²) in [6.45, 7) is 2.35. The van der Waals surface area contributed by atoms with Crippen molar-refractivity contribution in [3.8, 4) is 11.1 Å². The highest BCUT2D eigenvalue weighted by Crippen LogP contribution is 2.25. The zero-order chi connectivity index (χ0) is 11.5. The van der Waals surface area contributed by atoms with E-state index < -0.39 is 0 Å². The van der Waals surface area contributed by atoms with Gasteiger partial charge in [0.1, 0.15) is 5.82 Å². The average molecular weight is 215 g/mol. The summed E-state index contributed by atoms with van der Waals surface area (Å²) in [6, 6.07) is 12.9. The molecule has 2 aromatic carbocycles. The molecule has 16 heavy (non-hydrogen) atoms. The first-order chi connectivity index (χ1) is 7.70. The number of halogens is 1. The molecule has 0 radical (unpaired) electrons. The van der Waals surface area contributed by atoms with Gasteiger partial charge in [-0.3, -0.25) is 0 Å². The van der Waals surface area contributed by atoms with E-state index in [0.717, 1.165) is 22.3 Å². The Hall–Kier alpha value is -1.67. The third-order valence-corrected chi connectivity index (χ3v) is 2.59. The van der Waals surface area contributed by atoms with Crippen molar-refractivity contribution in [1.82, 2.24) is 0 Å². The highest BCUT2D eigenvalue weighted by atomic mass is 19.1. The Labute approximate surface area is 94.7 Å². The van der Waals surface area contributed by atoms with Crippen molar-refractivity contribution in [1.29, 1.82) is 0 Å². The maximum absolute atomic E-state index is 13.3. The van der Waals surface area contributed by atoms with Gasteiger partial charge in [-0.15, -0.1) is 0 Å². The van der Waals surface area contributed by atoms with Crippen LogP contribution in [0, 0.1) is 12.7 Å². The van der Waals surface area contributed by atoms with E-state index in [9.17, 15) is 4.39 Å². The van der Waals surface area contributed by atoms with Crippen LogP contribution in [0.4, 0.5) is 4.39 Å². The Morgan fingerprint density at radius 3 is 2.56 bits per heavy atom. The molecular formula is C14H14FN. The van der Waals surface area contributed by atoms with Crippen LogP contribution in [0.5, 0.6) is 0 Å². The molecule has 0 fully saturated rings. The van der Waals surface area contributed by atoms with E-state index in [1.807, 2.05) is 37.3 Å². The molecule has 0 saturated heterocycles. The molecule has 0 atom stereocenters. The monoisotopic (exact) mass is 215 g/mol. The van der Waals surface area contributed by atoms with Crippen LogP contribution in [-0.4, -0.2) is 0 Å². The normalized spacial score (nSPS) is 10.4. The second kappa shape index (κ2) is 4.45. The number of hydrogen-bond donors (Lipinski definition) is 1. The molecule has 2 heteroatoms. The van der Waals surface area contributed by atoms with Crippen molar-refractivity contribution in [2.45, 2.75) is 13.5 Å². The standard InChI is InChI=1S/C14H14FN/c1-10-6-12(8-13(15)7-10)14-5-3-2-4-11(14)9-16/h2-8H,9,16H2,1H3. The zero-order valence-electron chi connectivity index (χ0n) is 9.20. The lowest BCUT2D eigenvalue weighted by Gasteiger charge is -2.08. The van der Waals surface area contributed by atoms with Crippen LogP contribution in [0.3, 0.4) is 0 Å². The largest absolute Gasteiger partial charge is 0.326 e. The molecule has 82 valence electrons. The highest BCUT2D eigenvalue weighted by molar-refractivity contribution is 5.68. The second-order valence-electron chi connectivity index (χ2n) is 3.88. The van der Waals surface area contributed by atoms with E-state index in [2.05, 4.69) is 0 Å². The minimum Gasteiger partial charge on any atom is -0.326 e. The van der Waals surface area contributed by atoms with E-state index in [4.69, 9.17) is 5.73 Å². The van der Waals surface area contributed by atoms with Crippen molar-refractivity contribution in [2.75, 3.05) is 0 Å². The molecule has 2 aromatic rings. The molecule has 2 rings (SSSR count). The predicted octanol–water partition coefficient (Wildman–Crippen LogP) is 3.26. The van der Waals surface area contributed by atoms with E-state index in [0.29, 0.717) is 6.54 Å². The molecule has 0 aromatic heterocycles. The van der Waals surface area contributed by atoms with Crippen molar-refractivity contribution in [3.05, 3.63) is 59.4 Å². The topological polar surface area (TPSA) is 26.0 Å². The number of hydrogen-bond acceptors (Lipinski definition) is 1. The average Bonchev–Trinajstić information content (AvgIpc) is 2.27. The Morgan fingerprint density at radius 1 is 1.12 bits per heavy atom. The van der Waals surface area contributed by atoms with Gasteiger partial charge in [0, 0.05) is 6.54 Å². The first-order valence-electron chi connectivity index (χ1n) is 5.26. The lowest BCUT2D eigenvalue weighted by atomic mass is 9.98. The van der Waals surface area contributed by atoms with Crippen LogP contribution in [0.1, 0.15) is 11.1 Å². The van der Waals surface area contributed by atoms with Crippen LogP contribution >= 0.6 is 0 Å². The third-order valence-electron chi connectivity index (χ3n) is 2.59. The van der Waals surface area contributed by atoms with Crippen LogP contribution in [0.2, 0.25) is 0 Å². The number of rotatable bonds is 2. The summed E-state index contributed by atoms with van der Waals surface area (Å²) in [5.74, 6) is -0.207. The van der Waals surface area contributed by atoms with Gasteiger partial charge in [-0.05, 0) is 41.3 Å². The summed E-state index contributed by atoms with van der Waals surface area (Å²) < 4.78 is 13.3. The van der Waals surface area contributed by atoms with Gasteiger partial charge in [0.25, 0.3) is 0 Å². The molecule has 0 unspecified atom stereocenters. The lowest BCUT2D eigenvalue weighted by Crippen LogP contribution is -1.98. The summed E-state index contributed by atoms with van der Waals surface area (Å²) in [5, 5.41) is 0. The molecule has 0 saturated carbocycles. The molecule has 2 N–H and O–H groups in total. The van der Waals surface area contributed by atoms with Gasteiger partial charge < -0.3 is 5.73 Å². The fourth-order valence-corrected chi connectivity index (χ4v) is 1.87. The highest BCUT2D eigenvalue weighted by Gasteiger charge is 2.05. The van der Waals surface area contributed by atoms with Crippen molar-refractivity contribution >= 4 is 0 Å². The first kappa shape index (κ1) is 10.8. The smallest absolute Gasteiger partial charge is 0.124 e. The van der Waals surface area contributed by atoms with Gasteiger partial charge in [-0.25, -0.2) is 4.39 Å². The number of aryl methyl sites for hydroxylation is 1. The van der Waals surface area contributed by atoms with Gasteiger partial charge in [0.2, 0.25) is 0 Å². The quantitative estimate of drug-likeness (QED) is 0.817. The first-order valence-corrected chi connectivity index (χ1v) is 5.26. The molecule has 0 bridgehead atoms. The summed E-state index contributed by atoms with van der Waals surface area (Å²) in [7, 11) is 0. The molecular weight excluding hydrogens is 201 g/mol. The Bertz CT molecular complexity index is 486. The molecule has 1 nitrogen and oxygen atoms in total. The van der Waals surface area contributed by atoms with Crippen LogP contribution in [0.25, 0.3) is 11.1 Å². The zero-order valence-corrected chi connectivity index (χ0v) is 9.20. The summed E-state index contributed by atoms with van der Waals surface area (Å²) in [6.07, 6.45) is 0. The van der Waals surface area contributed by atoms with Gasteiger partial charge in [0.05, 0.1) is 0 Å². The molecule has 0 heterocycles. The van der Waals surface area contributed by atoms with Gasteiger partial charge in [-0.1, -0.05) is 30.3 Å². The SMILES string of the molecule is Cc1cc(F)cc(-c2ccccc2CN)c1. The molecule has 0 aliphatic heterocycles. The Balaban J connectivity index is 2.58. The summed E-state index contributed by atoms with van der Waals surface area (Å²) >= 11 is 0. The fourth-order valence-electron chi connectivity index (χ4n) is 1.87. The van der Waals surface area contributed by atoms with Gasteiger partial charge >= 0.3 is 0 Å². The summed E-state index contributed by atoms with van der Waals surface area (Å²) in [4.78, 5) is 0. The van der Waals surface area contributed by atoms with Gasteiger partial charge in [0.15, 0.2) is 0 Å². The molecule has 0 aliphatic rings. The van der Waals surface area contributed by atoms with E-state index in [-0.39, 0.29) is 5.82 Å². The summed E-state index contributed by atoms with van der Waals surface area (Å²) in [5.41, 5.74) is 9.52. The predicted molar refractivity (Wildman–Crippen MR) is 64.5 cm³/mol. The van der Waals surface area contributed by atoms with Crippen LogP contribution in [0.15, 0.2) is 42.5 Å².